The SMILES string of the molecule is C=CCOC(=O)NC(CCCc1ccccc1)C(=O)O. The van der Waals surface area contributed by atoms with Gasteiger partial charge in [-0.1, -0.05) is 43.0 Å². The molecule has 1 aromatic carbocycles. The van der Waals surface area contributed by atoms with E-state index in [0.29, 0.717) is 12.8 Å². The zero-order chi connectivity index (χ0) is 14.8. The Kier molecular flexibility index (Phi) is 6.89. The molecule has 0 fully saturated rings. The van der Waals surface area contributed by atoms with Crippen molar-refractivity contribution in [2.24, 2.45) is 0 Å². The standard InChI is InChI=1S/C15H19NO4/c1-2-11-20-15(19)16-13(14(17)18)10-6-9-12-7-4-3-5-8-12/h2-5,7-8,13H,1,6,9-11H2,(H,16,19)(H,17,18). The third-order valence-electron chi connectivity index (χ3n) is 2.72. The summed E-state index contributed by atoms with van der Waals surface area (Å²) < 4.78 is 4.71. The summed E-state index contributed by atoms with van der Waals surface area (Å²) in [6, 6.07) is 8.85. The van der Waals surface area contributed by atoms with Crippen molar-refractivity contribution >= 4 is 12.1 Å². The van der Waals surface area contributed by atoms with E-state index >= 15 is 0 Å². The van der Waals surface area contributed by atoms with Crippen molar-refractivity contribution in [3.8, 4) is 0 Å². The maximum Gasteiger partial charge on any atom is 0.408 e. The number of amides is 1. The van der Waals surface area contributed by atoms with Gasteiger partial charge in [-0.2, -0.15) is 0 Å². The van der Waals surface area contributed by atoms with Gasteiger partial charge in [0.1, 0.15) is 12.6 Å². The van der Waals surface area contributed by atoms with E-state index in [0.717, 1.165) is 12.0 Å². The third-order valence-corrected chi connectivity index (χ3v) is 2.72. The molecule has 0 saturated carbocycles. The van der Waals surface area contributed by atoms with Gasteiger partial charge in [0.15, 0.2) is 0 Å². The fraction of sp³-hybridized carbons (Fsp3) is 0.333. The molecule has 0 aromatic heterocycles. The van der Waals surface area contributed by atoms with Crippen LogP contribution < -0.4 is 5.32 Å². The summed E-state index contributed by atoms with van der Waals surface area (Å²) in [5, 5.41) is 11.4. The second-order valence-corrected chi connectivity index (χ2v) is 4.30. The minimum atomic E-state index is -1.06. The first-order chi connectivity index (χ1) is 9.63. The average molecular weight is 277 g/mol. The number of aryl methyl sites for hydroxylation is 1. The molecule has 1 unspecified atom stereocenters. The van der Waals surface area contributed by atoms with Crippen molar-refractivity contribution in [1.29, 1.82) is 0 Å². The Labute approximate surface area is 118 Å². The lowest BCUT2D eigenvalue weighted by Gasteiger charge is -2.14. The average Bonchev–Trinajstić information content (AvgIpc) is 2.45. The van der Waals surface area contributed by atoms with E-state index in [1.54, 1.807) is 0 Å². The van der Waals surface area contributed by atoms with Crippen LogP contribution in [0.2, 0.25) is 0 Å². The predicted octanol–water partition coefficient (Wildman–Crippen LogP) is 2.37. The number of ether oxygens (including phenoxy) is 1. The van der Waals surface area contributed by atoms with Crippen molar-refractivity contribution in [3.63, 3.8) is 0 Å². The van der Waals surface area contributed by atoms with Gasteiger partial charge in [0.05, 0.1) is 0 Å². The smallest absolute Gasteiger partial charge is 0.408 e. The largest absolute Gasteiger partial charge is 0.480 e. The molecule has 20 heavy (non-hydrogen) atoms. The minimum Gasteiger partial charge on any atom is -0.480 e. The van der Waals surface area contributed by atoms with Gasteiger partial charge in [-0.3, -0.25) is 0 Å². The summed E-state index contributed by atoms with van der Waals surface area (Å²) in [5.74, 6) is -1.06. The Morgan fingerprint density at radius 2 is 2.05 bits per heavy atom. The molecule has 1 amide bonds. The molecule has 0 saturated heterocycles. The van der Waals surface area contributed by atoms with Gasteiger partial charge < -0.3 is 15.2 Å². The van der Waals surface area contributed by atoms with Crippen molar-refractivity contribution in [2.45, 2.75) is 25.3 Å². The first-order valence-electron chi connectivity index (χ1n) is 6.44. The van der Waals surface area contributed by atoms with E-state index in [-0.39, 0.29) is 6.61 Å². The Morgan fingerprint density at radius 1 is 1.35 bits per heavy atom. The van der Waals surface area contributed by atoms with Crippen molar-refractivity contribution in [3.05, 3.63) is 48.6 Å². The molecule has 108 valence electrons. The number of hydrogen-bond donors (Lipinski definition) is 2. The molecule has 0 aliphatic carbocycles. The van der Waals surface area contributed by atoms with Gasteiger partial charge in [-0.05, 0) is 24.8 Å². The zero-order valence-corrected chi connectivity index (χ0v) is 11.2. The summed E-state index contributed by atoms with van der Waals surface area (Å²) in [6.07, 6.45) is 2.48. The quantitative estimate of drug-likeness (QED) is 0.715. The molecular weight excluding hydrogens is 258 g/mol. The topological polar surface area (TPSA) is 75.6 Å². The maximum atomic E-state index is 11.3. The highest BCUT2D eigenvalue weighted by molar-refractivity contribution is 5.79. The summed E-state index contributed by atoms with van der Waals surface area (Å²) in [4.78, 5) is 22.4. The van der Waals surface area contributed by atoms with E-state index in [1.807, 2.05) is 30.3 Å². The van der Waals surface area contributed by atoms with Crippen LogP contribution in [0.5, 0.6) is 0 Å². The van der Waals surface area contributed by atoms with Gasteiger partial charge in [0.25, 0.3) is 0 Å². The van der Waals surface area contributed by atoms with Gasteiger partial charge >= 0.3 is 12.1 Å². The van der Waals surface area contributed by atoms with Gasteiger partial charge in [-0.15, -0.1) is 0 Å². The molecule has 0 aliphatic heterocycles. The fourth-order valence-electron chi connectivity index (χ4n) is 1.73. The van der Waals surface area contributed by atoms with Crippen LogP contribution in [0.1, 0.15) is 18.4 Å². The second kappa shape index (κ2) is 8.74. The summed E-state index contributed by atoms with van der Waals surface area (Å²) >= 11 is 0. The lowest BCUT2D eigenvalue weighted by atomic mass is 10.0. The number of carbonyl (C=O) groups is 2. The van der Waals surface area contributed by atoms with Gasteiger partial charge in [-0.25, -0.2) is 9.59 Å². The normalized spacial score (nSPS) is 11.4. The van der Waals surface area contributed by atoms with Crippen LogP contribution in [-0.4, -0.2) is 29.8 Å². The van der Waals surface area contributed by atoms with E-state index in [1.165, 1.54) is 6.08 Å². The van der Waals surface area contributed by atoms with Crippen molar-refractivity contribution in [1.82, 2.24) is 5.32 Å². The monoisotopic (exact) mass is 277 g/mol. The summed E-state index contributed by atoms with van der Waals surface area (Å²) in [7, 11) is 0. The highest BCUT2D eigenvalue weighted by Crippen LogP contribution is 2.07. The number of carboxylic acid groups (broad SMARTS) is 1. The van der Waals surface area contributed by atoms with E-state index in [9.17, 15) is 9.59 Å². The number of rotatable bonds is 8. The van der Waals surface area contributed by atoms with E-state index < -0.39 is 18.1 Å². The maximum absolute atomic E-state index is 11.3. The predicted molar refractivity (Wildman–Crippen MR) is 75.5 cm³/mol. The van der Waals surface area contributed by atoms with Crippen LogP contribution in [0.25, 0.3) is 0 Å². The first-order valence-corrected chi connectivity index (χ1v) is 6.44. The number of hydrogen-bond acceptors (Lipinski definition) is 3. The number of carbonyl (C=O) groups excluding carboxylic acids is 1. The molecule has 2 N–H and O–H groups in total. The molecule has 1 atom stereocenters. The molecular formula is C15H19NO4. The first kappa shape index (κ1) is 15.8. The molecule has 0 spiro atoms. The highest BCUT2D eigenvalue weighted by atomic mass is 16.5. The van der Waals surface area contributed by atoms with Crippen LogP contribution >= 0.6 is 0 Å². The second-order valence-electron chi connectivity index (χ2n) is 4.30. The Balaban J connectivity index is 2.37. The Bertz CT molecular complexity index is 444. The zero-order valence-electron chi connectivity index (χ0n) is 11.2. The third kappa shape index (κ3) is 6.04. The fourth-order valence-corrected chi connectivity index (χ4v) is 1.73. The number of nitrogens with one attached hydrogen (secondary N) is 1. The van der Waals surface area contributed by atoms with Gasteiger partial charge in [0.2, 0.25) is 0 Å². The summed E-state index contributed by atoms with van der Waals surface area (Å²) in [6.45, 7) is 3.47. The Hall–Kier alpha value is -2.30. The molecule has 0 heterocycles. The number of alkyl carbamates (subject to hydrolysis) is 1. The van der Waals surface area contributed by atoms with Crippen molar-refractivity contribution < 1.29 is 19.4 Å². The van der Waals surface area contributed by atoms with Crippen LogP contribution in [-0.2, 0) is 16.0 Å². The van der Waals surface area contributed by atoms with Crippen LogP contribution in [0.15, 0.2) is 43.0 Å². The molecule has 1 rings (SSSR count). The lowest BCUT2D eigenvalue weighted by molar-refractivity contribution is -0.139. The van der Waals surface area contributed by atoms with E-state index in [4.69, 9.17) is 9.84 Å². The van der Waals surface area contributed by atoms with Gasteiger partial charge in [0, 0.05) is 0 Å². The molecule has 0 radical (unpaired) electrons. The molecule has 0 aliphatic rings. The molecule has 5 nitrogen and oxygen atoms in total. The minimum absolute atomic E-state index is 0.0577. The summed E-state index contributed by atoms with van der Waals surface area (Å²) in [5.41, 5.74) is 1.14. The number of carboxylic acids is 1. The molecule has 5 heteroatoms. The molecule has 0 bridgehead atoms. The van der Waals surface area contributed by atoms with Crippen molar-refractivity contribution in [2.75, 3.05) is 6.61 Å². The van der Waals surface area contributed by atoms with Crippen LogP contribution in [0.4, 0.5) is 4.79 Å². The number of aliphatic carboxylic acids is 1. The Morgan fingerprint density at radius 3 is 2.65 bits per heavy atom. The molecule has 1 aromatic rings. The van der Waals surface area contributed by atoms with Crippen LogP contribution in [0.3, 0.4) is 0 Å². The lowest BCUT2D eigenvalue weighted by Crippen LogP contribution is -2.41. The number of benzene rings is 1. The highest BCUT2D eigenvalue weighted by Gasteiger charge is 2.19. The van der Waals surface area contributed by atoms with Crippen LogP contribution in [0, 0.1) is 0 Å². The van der Waals surface area contributed by atoms with E-state index in [2.05, 4.69) is 11.9 Å².